The average molecular weight is 340 g/mol. The molecule has 7 nitrogen and oxygen atoms in total. The molecule has 0 saturated carbocycles. The molecule has 7 heteroatoms. The Kier molecular flexibility index (Phi) is 5.37. The molecule has 0 bridgehead atoms. The molecule has 2 heterocycles. The molecule has 1 fully saturated rings. The Hall–Kier alpha value is -2.77. The van der Waals surface area contributed by atoms with Crippen LogP contribution in [0.3, 0.4) is 0 Å². The number of pyridine rings is 1. The Morgan fingerprint density at radius 1 is 1.16 bits per heavy atom. The fourth-order valence-electron chi connectivity index (χ4n) is 2.48. The van der Waals surface area contributed by atoms with E-state index in [1.807, 2.05) is 18.0 Å². The highest BCUT2D eigenvalue weighted by atomic mass is 16.5. The molecule has 130 valence electrons. The number of amides is 2. The van der Waals surface area contributed by atoms with E-state index in [2.05, 4.69) is 15.6 Å². The second kappa shape index (κ2) is 7.87. The average Bonchev–Trinajstić information content (AvgIpc) is 2.64. The van der Waals surface area contributed by atoms with Crippen molar-refractivity contribution in [2.24, 2.45) is 0 Å². The van der Waals surface area contributed by atoms with E-state index in [0.29, 0.717) is 30.2 Å². The Morgan fingerprint density at radius 3 is 2.64 bits per heavy atom. The van der Waals surface area contributed by atoms with E-state index >= 15 is 0 Å². The summed E-state index contributed by atoms with van der Waals surface area (Å²) in [4.78, 5) is 30.5. The topological polar surface area (TPSA) is 83.6 Å². The summed E-state index contributed by atoms with van der Waals surface area (Å²) in [7, 11) is 1.95. The minimum Gasteiger partial charge on any atom is -0.366 e. The first-order chi connectivity index (χ1) is 12.1. The Balaban J connectivity index is 1.57. The van der Waals surface area contributed by atoms with E-state index in [-0.39, 0.29) is 11.8 Å². The van der Waals surface area contributed by atoms with E-state index in [1.54, 1.807) is 36.4 Å². The van der Waals surface area contributed by atoms with Crippen molar-refractivity contribution in [2.45, 2.75) is 6.10 Å². The van der Waals surface area contributed by atoms with Crippen LogP contribution >= 0.6 is 0 Å². The second-order valence-electron chi connectivity index (χ2n) is 5.86. The lowest BCUT2D eigenvalue weighted by molar-refractivity contribution is -0.132. The number of anilines is 2. The lowest BCUT2D eigenvalue weighted by Crippen LogP contribution is -2.46. The van der Waals surface area contributed by atoms with Crippen LogP contribution in [0, 0.1) is 0 Å². The van der Waals surface area contributed by atoms with Gasteiger partial charge in [-0.2, -0.15) is 0 Å². The van der Waals surface area contributed by atoms with Gasteiger partial charge in [0.25, 0.3) is 11.8 Å². The zero-order valence-corrected chi connectivity index (χ0v) is 13.9. The molecule has 0 radical (unpaired) electrons. The van der Waals surface area contributed by atoms with Gasteiger partial charge >= 0.3 is 0 Å². The Morgan fingerprint density at radius 2 is 1.96 bits per heavy atom. The zero-order valence-electron chi connectivity index (χ0n) is 13.9. The van der Waals surface area contributed by atoms with Crippen LogP contribution in [0.1, 0.15) is 10.4 Å². The molecule has 25 heavy (non-hydrogen) atoms. The molecular formula is C18H20N4O3. The van der Waals surface area contributed by atoms with Crippen LogP contribution in [-0.2, 0) is 9.53 Å². The first-order valence-corrected chi connectivity index (χ1v) is 8.05. The number of morpholine rings is 1. The number of carbonyl (C=O) groups is 2. The van der Waals surface area contributed by atoms with Crippen molar-refractivity contribution in [1.29, 1.82) is 0 Å². The van der Waals surface area contributed by atoms with Crippen molar-refractivity contribution in [3.8, 4) is 0 Å². The largest absolute Gasteiger partial charge is 0.366 e. The normalized spacial score (nSPS) is 17.7. The summed E-state index contributed by atoms with van der Waals surface area (Å²) in [6.07, 6.45) is 1.02. The van der Waals surface area contributed by atoms with Crippen LogP contribution in [0.25, 0.3) is 0 Å². The molecule has 1 aromatic heterocycles. The van der Waals surface area contributed by atoms with Gasteiger partial charge in [0.1, 0.15) is 11.9 Å². The van der Waals surface area contributed by atoms with Crippen LogP contribution in [0.5, 0.6) is 0 Å². The summed E-state index contributed by atoms with van der Waals surface area (Å²) in [5.41, 5.74) is 1.11. The quantitative estimate of drug-likeness (QED) is 0.883. The van der Waals surface area contributed by atoms with Gasteiger partial charge in [0.15, 0.2) is 0 Å². The zero-order chi connectivity index (χ0) is 17.6. The number of likely N-dealkylation sites (N-methyl/N-ethyl adjacent to an activating group) is 1. The standard InChI is InChI=1S/C18H20N4O3/c1-22-9-10-25-15(12-22)18(24)20-14-7-8-16(19-11-14)21-17(23)13-5-3-2-4-6-13/h2-8,11,15H,9-10,12H2,1H3,(H,20,24)(H,19,21,23). The number of nitrogens with zero attached hydrogens (tertiary/aromatic N) is 2. The first kappa shape index (κ1) is 17.1. The van der Waals surface area contributed by atoms with Gasteiger partial charge in [0.05, 0.1) is 18.5 Å². The molecule has 3 rings (SSSR count). The van der Waals surface area contributed by atoms with Crippen molar-refractivity contribution in [3.63, 3.8) is 0 Å². The van der Waals surface area contributed by atoms with Crippen LogP contribution in [-0.4, -0.2) is 54.5 Å². The van der Waals surface area contributed by atoms with E-state index in [1.165, 1.54) is 6.20 Å². The van der Waals surface area contributed by atoms with Gasteiger partial charge in [-0.05, 0) is 31.3 Å². The Bertz CT molecular complexity index is 734. The molecular weight excluding hydrogens is 320 g/mol. The monoisotopic (exact) mass is 340 g/mol. The number of benzene rings is 1. The van der Waals surface area contributed by atoms with E-state index in [0.717, 1.165) is 6.54 Å². The van der Waals surface area contributed by atoms with Crippen LogP contribution in [0.4, 0.5) is 11.5 Å². The van der Waals surface area contributed by atoms with Crippen molar-refractivity contribution in [2.75, 3.05) is 37.4 Å². The summed E-state index contributed by atoms with van der Waals surface area (Å²) < 4.78 is 5.48. The van der Waals surface area contributed by atoms with Gasteiger partial charge in [0.2, 0.25) is 0 Å². The maximum atomic E-state index is 12.2. The summed E-state index contributed by atoms with van der Waals surface area (Å²) in [5.74, 6) is -0.0153. The van der Waals surface area contributed by atoms with Gasteiger partial charge in [-0.15, -0.1) is 0 Å². The number of ether oxygens (including phenoxy) is 1. The number of rotatable bonds is 4. The van der Waals surface area contributed by atoms with Crippen LogP contribution in [0.2, 0.25) is 0 Å². The molecule has 1 aromatic carbocycles. The van der Waals surface area contributed by atoms with Crippen LogP contribution in [0.15, 0.2) is 48.7 Å². The lowest BCUT2D eigenvalue weighted by Gasteiger charge is -2.29. The summed E-state index contributed by atoms with van der Waals surface area (Å²) in [6.45, 7) is 1.92. The maximum Gasteiger partial charge on any atom is 0.256 e. The molecule has 1 aliphatic heterocycles. The van der Waals surface area contributed by atoms with E-state index in [4.69, 9.17) is 4.74 Å². The summed E-state index contributed by atoms with van der Waals surface area (Å²) in [6, 6.07) is 12.2. The molecule has 2 N–H and O–H groups in total. The van der Waals surface area contributed by atoms with Gasteiger partial charge in [0, 0.05) is 18.7 Å². The van der Waals surface area contributed by atoms with E-state index in [9.17, 15) is 9.59 Å². The molecule has 0 aliphatic carbocycles. The maximum absolute atomic E-state index is 12.2. The third kappa shape index (κ3) is 4.62. The number of hydrogen-bond donors (Lipinski definition) is 2. The summed E-state index contributed by atoms with van der Waals surface area (Å²) in [5, 5.41) is 5.49. The molecule has 1 saturated heterocycles. The van der Waals surface area contributed by atoms with Gasteiger partial charge in [-0.3, -0.25) is 9.59 Å². The second-order valence-corrected chi connectivity index (χ2v) is 5.86. The molecule has 0 spiro atoms. The molecule has 1 aliphatic rings. The predicted octanol–water partition coefficient (Wildman–Crippen LogP) is 1.60. The molecule has 1 atom stereocenters. The number of aromatic nitrogens is 1. The minimum atomic E-state index is -0.490. The van der Waals surface area contributed by atoms with Gasteiger partial charge in [-0.1, -0.05) is 18.2 Å². The molecule has 1 unspecified atom stereocenters. The summed E-state index contributed by atoms with van der Waals surface area (Å²) >= 11 is 0. The highest BCUT2D eigenvalue weighted by Gasteiger charge is 2.24. The number of carbonyl (C=O) groups excluding carboxylic acids is 2. The lowest BCUT2D eigenvalue weighted by atomic mass is 10.2. The third-order valence-electron chi connectivity index (χ3n) is 3.87. The fraction of sp³-hybridized carbons (Fsp3) is 0.278. The number of hydrogen-bond acceptors (Lipinski definition) is 5. The smallest absolute Gasteiger partial charge is 0.256 e. The number of nitrogens with one attached hydrogen (secondary N) is 2. The Labute approximate surface area is 146 Å². The van der Waals surface area contributed by atoms with Gasteiger partial charge < -0.3 is 20.3 Å². The van der Waals surface area contributed by atoms with Crippen molar-refractivity contribution < 1.29 is 14.3 Å². The van der Waals surface area contributed by atoms with Crippen molar-refractivity contribution >= 4 is 23.3 Å². The van der Waals surface area contributed by atoms with Gasteiger partial charge in [-0.25, -0.2) is 4.98 Å². The molecule has 2 aromatic rings. The van der Waals surface area contributed by atoms with Crippen molar-refractivity contribution in [3.05, 3.63) is 54.2 Å². The third-order valence-corrected chi connectivity index (χ3v) is 3.87. The highest BCUT2D eigenvalue weighted by Crippen LogP contribution is 2.13. The van der Waals surface area contributed by atoms with Crippen LogP contribution < -0.4 is 10.6 Å². The predicted molar refractivity (Wildman–Crippen MR) is 94.5 cm³/mol. The SMILES string of the molecule is CN1CCOC(C(=O)Nc2ccc(NC(=O)c3ccccc3)nc2)C1. The first-order valence-electron chi connectivity index (χ1n) is 8.05. The van der Waals surface area contributed by atoms with Crippen molar-refractivity contribution in [1.82, 2.24) is 9.88 Å². The minimum absolute atomic E-state index is 0.200. The van der Waals surface area contributed by atoms with E-state index < -0.39 is 6.10 Å². The fourth-order valence-corrected chi connectivity index (χ4v) is 2.48. The molecule has 2 amide bonds. The highest BCUT2D eigenvalue weighted by molar-refractivity contribution is 6.03.